The molecule has 0 aliphatic carbocycles. The molecule has 1 aromatic heterocycles. The van der Waals surface area contributed by atoms with Gasteiger partial charge in [0.2, 0.25) is 17.6 Å². The summed E-state index contributed by atoms with van der Waals surface area (Å²) in [7, 11) is 0. The summed E-state index contributed by atoms with van der Waals surface area (Å²) in [4.78, 5) is 26.5. The van der Waals surface area contributed by atoms with E-state index in [1.165, 1.54) is 6.07 Å². The van der Waals surface area contributed by atoms with Gasteiger partial charge in [-0.25, -0.2) is 4.39 Å². The summed E-state index contributed by atoms with van der Waals surface area (Å²) in [6, 6.07) is 4.31. The van der Waals surface area contributed by atoms with Crippen molar-refractivity contribution < 1.29 is 23.6 Å². The number of hydrogen-bond donors (Lipinski definition) is 2. The average Bonchev–Trinajstić information content (AvgIpc) is 3.02. The van der Waals surface area contributed by atoms with E-state index in [0.717, 1.165) is 0 Å². The molecule has 0 spiro atoms. The third-order valence-electron chi connectivity index (χ3n) is 3.65. The van der Waals surface area contributed by atoms with E-state index < -0.39 is 5.97 Å². The number of halogens is 1. The molecule has 8 heteroatoms. The maximum absolute atomic E-state index is 13.3. The highest BCUT2D eigenvalue weighted by molar-refractivity contribution is 5.76. The summed E-state index contributed by atoms with van der Waals surface area (Å²) in [5.41, 5.74) is 1.12. The molecule has 0 aliphatic heterocycles. The quantitative estimate of drug-likeness (QED) is 0.758. The highest BCUT2D eigenvalue weighted by Crippen LogP contribution is 2.19. The zero-order valence-electron chi connectivity index (χ0n) is 14.1. The standard InChI is InChI=1S/C17H20FN3O4/c1-10-9-12(4-5-13(10)18)17-20-15(25-21-17)7-6-14(22)19-11(2)3-8-16(23)24/h4-5,9,11H,3,6-8H2,1-2H3,(H,19,22)(H,23,24). The van der Waals surface area contributed by atoms with Crippen molar-refractivity contribution in [1.82, 2.24) is 15.5 Å². The molecular formula is C17H20FN3O4. The van der Waals surface area contributed by atoms with Gasteiger partial charge in [0, 0.05) is 30.9 Å². The van der Waals surface area contributed by atoms with Crippen molar-refractivity contribution in [2.75, 3.05) is 0 Å². The number of aliphatic carboxylic acids is 1. The van der Waals surface area contributed by atoms with Crippen LogP contribution in [0.3, 0.4) is 0 Å². The van der Waals surface area contributed by atoms with Crippen LogP contribution in [0.1, 0.15) is 37.6 Å². The lowest BCUT2D eigenvalue weighted by atomic mass is 10.1. The Morgan fingerprint density at radius 1 is 1.36 bits per heavy atom. The molecule has 0 fully saturated rings. The third kappa shape index (κ3) is 5.66. The van der Waals surface area contributed by atoms with Gasteiger partial charge in [-0.1, -0.05) is 5.16 Å². The summed E-state index contributed by atoms with van der Waals surface area (Å²) < 4.78 is 18.4. The first-order chi connectivity index (χ1) is 11.8. The second-order valence-corrected chi connectivity index (χ2v) is 5.88. The minimum atomic E-state index is -0.893. The Morgan fingerprint density at radius 3 is 2.80 bits per heavy atom. The topological polar surface area (TPSA) is 105 Å². The molecule has 1 aromatic carbocycles. The van der Waals surface area contributed by atoms with E-state index in [2.05, 4.69) is 15.5 Å². The molecule has 0 saturated carbocycles. The van der Waals surface area contributed by atoms with E-state index in [0.29, 0.717) is 29.3 Å². The first-order valence-corrected chi connectivity index (χ1v) is 7.95. The second-order valence-electron chi connectivity index (χ2n) is 5.88. The number of nitrogens with one attached hydrogen (secondary N) is 1. The van der Waals surface area contributed by atoms with Crippen molar-refractivity contribution in [3.8, 4) is 11.4 Å². The number of nitrogens with zero attached hydrogens (tertiary/aromatic N) is 2. The predicted octanol–water partition coefficient (Wildman–Crippen LogP) is 2.49. The van der Waals surface area contributed by atoms with Gasteiger partial charge in [0.05, 0.1) is 0 Å². The van der Waals surface area contributed by atoms with Crippen molar-refractivity contribution in [3.05, 3.63) is 35.5 Å². The molecule has 1 heterocycles. The van der Waals surface area contributed by atoms with E-state index in [1.54, 1.807) is 26.0 Å². The van der Waals surface area contributed by atoms with Gasteiger partial charge in [0.1, 0.15) is 5.82 Å². The first kappa shape index (κ1) is 18.6. The van der Waals surface area contributed by atoms with Gasteiger partial charge in [-0.05, 0) is 44.0 Å². The molecule has 1 unspecified atom stereocenters. The highest BCUT2D eigenvalue weighted by atomic mass is 19.1. The lowest BCUT2D eigenvalue weighted by molar-refractivity contribution is -0.137. The van der Waals surface area contributed by atoms with Gasteiger partial charge >= 0.3 is 5.97 Å². The summed E-state index contributed by atoms with van der Waals surface area (Å²) >= 11 is 0. The molecule has 2 rings (SSSR count). The smallest absolute Gasteiger partial charge is 0.303 e. The minimum absolute atomic E-state index is 0.00551. The Kier molecular flexibility index (Phi) is 6.21. The Bertz CT molecular complexity index is 760. The van der Waals surface area contributed by atoms with Gasteiger partial charge in [0.25, 0.3) is 0 Å². The highest BCUT2D eigenvalue weighted by Gasteiger charge is 2.13. The van der Waals surface area contributed by atoms with Crippen molar-refractivity contribution in [1.29, 1.82) is 0 Å². The SMILES string of the molecule is Cc1cc(-c2noc(CCC(=O)NC(C)CCC(=O)O)n2)ccc1F. The summed E-state index contributed by atoms with van der Waals surface area (Å²) in [5, 5.41) is 15.2. The molecule has 0 bridgehead atoms. The Hall–Kier alpha value is -2.77. The van der Waals surface area contributed by atoms with Gasteiger partial charge in [-0.15, -0.1) is 0 Å². The number of aryl methyl sites for hydroxylation is 2. The largest absolute Gasteiger partial charge is 0.481 e. The van der Waals surface area contributed by atoms with E-state index >= 15 is 0 Å². The first-order valence-electron chi connectivity index (χ1n) is 7.95. The zero-order chi connectivity index (χ0) is 18.4. The zero-order valence-corrected chi connectivity index (χ0v) is 14.1. The molecule has 1 amide bonds. The molecular weight excluding hydrogens is 329 g/mol. The number of amides is 1. The van der Waals surface area contributed by atoms with E-state index in [-0.39, 0.29) is 37.0 Å². The molecule has 1 atom stereocenters. The van der Waals surface area contributed by atoms with E-state index in [9.17, 15) is 14.0 Å². The van der Waals surface area contributed by atoms with Crippen LogP contribution < -0.4 is 5.32 Å². The lowest BCUT2D eigenvalue weighted by Gasteiger charge is -2.11. The van der Waals surface area contributed by atoms with E-state index in [4.69, 9.17) is 9.63 Å². The second kappa shape index (κ2) is 8.36. The van der Waals surface area contributed by atoms with Crippen LogP contribution in [0.15, 0.2) is 22.7 Å². The number of carbonyl (C=O) groups excluding carboxylic acids is 1. The number of rotatable bonds is 8. The van der Waals surface area contributed by atoms with Crippen molar-refractivity contribution >= 4 is 11.9 Å². The van der Waals surface area contributed by atoms with Crippen molar-refractivity contribution in [2.45, 2.75) is 45.6 Å². The van der Waals surface area contributed by atoms with Crippen LogP contribution in [0.2, 0.25) is 0 Å². The number of carboxylic acids is 1. The summed E-state index contributed by atoms with van der Waals surface area (Å²) in [6.07, 6.45) is 0.799. The van der Waals surface area contributed by atoms with Crippen LogP contribution in [-0.4, -0.2) is 33.2 Å². The lowest BCUT2D eigenvalue weighted by Crippen LogP contribution is -2.33. The summed E-state index contributed by atoms with van der Waals surface area (Å²) in [5.74, 6) is -0.759. The fourth-order valence-electron chi connectivity index (χ4n) is 2.24. The minimum Gasteiger partial charge on any atom is -0.481 e. The Morgan fingerprint density at radius 2 is 2.12 bits per heavy atom. The number of aromatic nitrogens is 2. The molecule has 0 saturated heterocycles. The van der Waals surface area contributed by atoms with Crippen LogP contribution in [0, 0.1) is 12.7 Å². The average molecular weight is 349 g/mol. The molecule has 7 nitrogen and oxygen atoms in total. The third-order valence-corrected chi connectivity index (χ3v) is 3.65. The van der Waals surface area contributed by atoms with Crippen LogP contribution in [0.4, 0.5) is 4.39 Å². The monoisotopic (exact) mass is 349 g/mol. The van der Waals surface area contributed by atoms with Gasteiger partial charge < -0.3 is 14.9 Å². The molecule has 134 valence electrons. The van der Waals surface area contributed by atoms with Crippen molar-refractivity contribution in [3.63, 3.8) is 0 Å². The number of carbonyl (C=O) groups is 2. The van der Waals surface area contributed by atoms with Crippen molar-refractivity contribution in [2.24, 2.45) is 0 Å². The Labute approximate surface area is 144 Å². The van der Waals surface area contributed by atoms with Gasteiger partial charge in [0.15, 0.2) is 0 Å². The van der Waals surface area contributed by atoms with Crippen LogP contribution in [0.5, 0.6) is 0 Å². The summed E-state index contributed by atoms with van der Waals surface area (Å²) in [6.45, 7) is 3.40. The number of hydrogen-bond acceptors (Lipinski definition) is 5. The fraction of sp³-hybridized carbons (Fsp3) is 0.412. The van der Waals surface area contributed by atoms with Gasteiger partial charge in [-0.3, -0.25) is 9.59 Å². The molecule has 0 radical (unpaired) electrons. The Balaban J connectivity index is 1.85. The van der Waals surface area contributed by atoms with Crippen LogP contribution in [-0.2, 0) is 16.0 Å². The predicted molar refractivity (Wildman–Crippen MR) is 87.2 cm³/mol. The number of carboxylic acid groups (broad SMARTS) is 1. The normalized spacial score (nSPS) is 12.0. The van der Waals surface area contributed by atoms with E-state index in [1.807, 2.05) is 0 Å². The maximum Gasteiger partial charge on any atom is 0.303 e. The molecule has 2 aromatic rings. The fourth-order valence-corrected chi connectivity index (χ4v) is 2.24. The molecule has 2 N–H and O–H groups in total. The number of benzene rings is 1. The molecule has 25 heavy (non-hydrogen) atoms. The maximum atomic E-state index is 13.3. The van der Waals surface area contributed by atoms with Gasteiger partial charge in [-0.2, -0.15) is 4.98 Å². The van der Waals surface area contributed by atoms with Crippen LogP contribution in [0.25, 0.3) is 11.4 Å². The molecule has 0 aliphatic rings. The van der Waals surface area contributed by atoms with Crippen LogP contribution >= 0.6 is 0 Å².